The number of nitrogens with one attached hydrogen (secondary N) is 1. The first-order chi connectivity index (χ1) is 5.33. The molecule has 1 aromatic rings. The Morgan fingerprint density at radius 3 is 3.00 bits per heavy atom. The predicted octanol–water partition coefficient (Wildman–Crippen LogP) is 1.82. The summed E-state index contributed by atoms with van der Waals surface area (Å²) in [4.78, 5) is 10.8. The van der Waals surface area contributed by atoms with E-state index < -0.39 is 0 Å². The molecule has 0 atom stereocenters. The molecule has 3 heteroatoms. The summed E-state index contributed by atoms with van der Waals surface area (Å²) in [5.41, 5.74) is 0.706. The number of para-hydroxylation sites is 1. The zero-order chi connectivity index (χ0) is 8.10. The van der Waals surface area contributed by atoms with E-state index in [0.29, 0.717) is 11.0 Å². The van der Waals surface area contributed by atoms with E-state index in [1.165, 1.54) is 0 Å². The van der Waals surface area contributed by atoms with Crippen molar-refractivity contribution in [1.82, 2.24) is 0 Å². The largest absolute Gasteiger partial charge is 0.325 e. The third-order valence-electron chi connectivity index (χ3n) is 1.10. The summed E-state index contributed by atoms with van der Waals surface area (Å²) in [6, 6.07) is 10.1. The molecule has 0 saturated carbocycles. The maximum absolute atomic E-state index is 10.8. The minimum absolute atomic E-state index is 0.0625. The molecule has 0 unspecified atom stereocenters. The van der Waals surface area contributed by atoms with Crippen LogP contribution in [0.15, 0.2) is 24.3 Å². The van der Waals surface area contributed by atoms with E-state index in [4.69, 9.17) is 0 Å². The van der Waals surface area contributed by atoms with Gasteiger partial charge in [-0.25, -0.2) is 0 Å². The van der Waals surface area contributed by atoms with E-state index >= 15 is 0 Å². The fourth-order valence-electron chi connectivity index (χ4n) is 0.655. The number of rotatable bonds is 2. The number of carbonyl (C=O) groups excluding carboxylic acids is 1. The van der Waals surface area contributed by atoms with Gasteiger partial charge in [-0.1, -0.05) is 34.1 Å². The van der Waals surface area contributed by atoms with Crippen molar-refractivity contribution in [2.75, 3.05) is 10.6 Å². The van der Waals surface area contributed by atoms with Gasteiger partial charge in [0.15, 0.2) is 0 Å². The Kier molecular flexibility index (Phi) is 3.11. The lowest BCUT2D eigenvalue weighted by Gasteiger charge is -1.99. The van der Waals surface area contributed by atoms with Crippen LogP contribution in [0.2, 0.25) is 0 Å². The SMILES string of the molecule is O=C(CBr)Nc1[c]cccc1. The van der Waals surface area contributed by atoms with Crippen molar-refractivity contribution in [2.24, 2.45) is 0 Å². The molecule has 0 spiro atoms. The fraction of sp³-hybridized carbons (Fsp3) is 0.125. The van der Waals surface area contributed by atoms with Crippen LogP contribution < -0.4 is 5.32 Å². The van der Waals surface area contributed by atoms with Crippen LogP contribution in [0.1, 0.15) is 0 Å². The first kappa shape index (κ1) is 8.27. The van der Waals surface area contributed by atoms with Crippen molar-refractivity contribution in [1.29, 1.82) is 0 Å². The number of carbonyl (C=O) groups is 1. The van der Waals surface area contributed by atoms with Crippen molar-refractivity contribution in [2.45, 2.75) is 0 Å². The molecule has 2 nitrogen and oxygen atoms in total. The van der Waals surface area contributed by atoms with Crippen LogP contribution in [-0.4, -0.2) is 11.2 Å². The van der Waals surface area contributed by atoms with E-state index in [1.807, 2.05) is 12.1 Å². The van der Waals surface area contributed by atoms with E-state index in [0.717, 1.165) is 0 Å². The number of hydrogen-bond donors (Lipinski definition) is 1. The van der Waals surface area contributed by atoms with Crippen molar-refractivity contribution in [3.05, 3.63) is 30.3 Å². The molecule has 0 heterocycles. The monoisotopic (exact) mass is 212 g/mol. The summed E-state index contributed by atoms with van der Waals surface area (Å²) in [7, 11) is 0. The Morgan fingerprint density at radius 2 is 2.45 bits per heavy atom. The number of amides is 1. The lowest BCUT2D eigenvalue weighted by Crippen LogP contribution is -2.11. The molecule has 1 rings (SSSR count). The predicted molar refractivity (Wildman–Crippen MR) is 47.7 cm³/mol. The van der Waals surface area contributed by atoms with E-state index in [1.54, 1.807) is 12.1 Å². The number of halogens is 1. The molecular formula is C8H7BrNO. The molecular weight excluding hydrogens is 206 g/mol. The zero-order valence-corrected chi connectivity index (χ0v) is 7.39. The number of benzene rings is 1. The molecule has 0 aliphatic carbocycles. The van der Waals surface area contributed by atoms with Gasteiger partial charge >= 0.3 is 0 Å². The molecule has 0 fully saturated rings. The Labute approximate surface area is 73.7 Å². The van der Waals surface area contributed by atoms with Gasteiger partial charge < -0.3 is 5.32 Å². The third kappa shape index (κ3) is 2.72. The molecule has 0 aromatic heterocycles. The van der Waals surface area contributed by atoms with E-state index in [-0.39, 0.29) is 5.91 Å². The zero-order valence-electron chi connectivity index (χ0n) is 5.80. The Bertz CT molecular complexity index is 235. The van der Waals surface area contributed by atoms with Crippen molar-refractivity contribution in [3.8, 4) is 0 Å². The summed E-state index contributed by atoms with van der Waals surface area (Å²) in [5.74, 6) is -0.0625. The summed E-state index contributed by atoms with van der Waals surface area (Å²) < 4.78 is 0. The minimum atomic E-state index is -0.0625. The highest BCUT2D eigenvalue weighted by molar-refractivity contribution is 9.09. The summed E-state index contributed by atoms with van der Waals surface area (Å²) in [6.45, 7) is 0. The van der Waals surface area contributed by atoms with Gasteiger partial charge in [0.2, 0.25) is 5.91 Å². The lowest BCUT2D eigenvalue weighted by molar-refractivity contribution is -0.113. The number of hydrogen-bond acceptors (Lipinski definition) is 1. The Balaban J connectivity index is 2.58. The summed E-state index contributed by atoms with van der Waals surface area (Å²) in [6.07, 6.45) is 0. The highest BCUT2D eigenvalue weighted by Crippen LogP contribution is 2.03. The second-order valence-corrected chi connectivity index (χ2v) is 2.52. The van der Waals surface area contributed by atoms with Crippen molar-refractivity contribution >= 4 is 27.5 Å². The lowest BCUT2D eigenvalue weighted by atomic mass is 10.3. The molecule has 1 radical (unpaired) electrons. The molecule has 0 aliphatic heterocycles. The summed E-state index contributed by atoms with van der Waals surface area (Å²) in [5, 5.41) is 2.97. The molecule has 11 heavy (non-hydrogen) atoms. The highest BCUT2D eigenvalue weighted by atomic mass is 79.9. The van der Waals surface area contributed by atoms with Crippen LogP contribution in [0, 0.1) is 6.07 Å². The van der Waals surface area contributed by atoms with Gasteiger partial charge in [-0.05, 0) is 6.07 Å². The smallest absolute Gasteiger partial charge is 0.235 e. The Morgan fingerprint density at radius 1 is 1.64 bits per heavy atom. The normalized spacial score (nSPS) is 9.18. The van der Waals surface area contributed by atoms with E-state index in [2.05, 4.69) is 27.3 Å². The van der Waals surface area contributed by atoms with Gasteiger partial charge in [-0.2, -0.15) is 0 Å². The second-order valence-electron chi connectivity index (χ2n) is 1.96. The van der Waals surface area contributed by atoms with Gasteiger partial charge in [0.25, 0.3) is 0 Å². The molecule has 0 saturated heterocycles. The molecule has 0 aliphatic rings. The average molecular weight is 213 g/mol. The van der Waals surface area contributed by atoms with Crippen LogP contribution in [-0.2, 0) is 4.79 Å². The maximum atomic E-state index is 10.8. The average Bonchev–Trinajstić information content (AvgIpc) is 2.06. The number of anilines is 1. The number of alkyl halides is 1. The highest BCUT2D eigenvalue weighted by Gasteiger charge is 1.96. The van der Waals surface area contributed by atoms with Gasteiger partial charge in [-0.3, -0.25) is 4.79 Å². The molecule has 1 aromatic carbocycles. The standard InChI is InChI=1S/C8H7BrNO/c9-6-8(11)10-7-4-2-1-3-5-7/h1-4H,6H2,(H,10,11). The fourth-order valence-corrected chi connectivity index (χ4v) is 0.795. The van der Waals surface area contributed by atoms with Gasteiger partial charge in [0, 0.05) is 11.8 Å². The minimum Gasteiger partial charge on any atom is -0.325 e. The topological polar surface area (TPSA) is 29.1 Å². The van der Waals surface area contributed by atoms with Crippen molar-refractivity contribution in [3.63, 3.8) is 0 Å². The maximum Gasteiger partial charge on any atom is 0.235 e. The third-order valence-corrected chi connectivity index (χ3v) is 1.61. The Hall–Kier alpha value is -0.830. The molecule has 57 valence electrons. The van der Waals surface area contributed by atoms with Crippen LogP contribution in [0.4, 0.5) is 5.69 Å². The molecule has 1 amide bonds. The van der Waals surface area contributed by atoms with Crippen LogP contribution >= 0.6 is 15.9 Å². The van der Waals surface area contributed by atoms with Gasteiger partial charge in [-0.15, -0.1) is 0 Å². The van der Waals surface area contributed by atoms with Crippen LogP contribution in [0.25, 0.3) is 0 Å². The van der Waals surface area contributed by atoms with Crippen LogP contribution in [0.3, 0.4) is 0 Å². The molecule has 0 bridgehead atoms. The quantitative estimate of drug-likeness (QED) is 0.746. The van der Waals surface area contributed by atoms with Crippen LogP contribution in [0.5, 0.6) is 0 Å². The first-order valence-electron chi connectivity index (χ1n) is 3.15. The molecule has 1 N–H and O–H groups in total. The van der Waals surface area contributed by atoms with Gasteiger partial charge in [0.05, 0.1) is 5.33 Å². The first-order valence-corrected chi connectivity index (χ1v) is 4.27. The van der Waals surface area contributed by atoms with Gasteiger partial charge in [0.1, 0.15) is 0 Å². The summed E-state index contributed by atoms with van der Waals surface area (Å²) >= 11 is 3.05. The van der Waals surface area contributed by atoms with E-state index in [9.17, 15) is 4.79 Å². The second kappa shape index (κ2) is 4.13. The van der Waals surface area contributed by atoms with Crippen molar-refractivity contribution < 1.29 is 4.79 Å².